The third-order valence-corrected chi connectivity index (χ3v) is 2.45. The number of nitrogens with one attached hydrogen (secondary N) is 1. The molecular formula is C12H13FN4O3. The largest absolute Gasteiger partial charge is 0.494 e. The van der Waals surface area contributed by atoms with E-state index in [1.165, 1.54) is 25.3 Å². The van der Waals surface area contributed by atoms with E-state index in [0.29, 0.717) is 17.3 Å². The van der Waals surface area contributed by atoms with Crippen LogP contribution in [0.2, 0.25) is 0 Å². The molecule has 0 saturated heterocycles. The average molecular weight is 280 g/mol. The molecule has 0 aliphatic carbocycles. The van der Waals surface area contributed by atoms with Gasteiger partial charge in [-0.2, -0.15) is 4.98 Å². The van der Waals surface area contributed by atoms with E-state index in [0.717, 1.165) is 0 Å². The SMILES string of the molecule is COc1cc(-c2noc(CNCC(N)=O)n2)ccc1F. The number of hydrogen-bond acceptors (Lipinski definition) is 6. The van der Waals surface area contributed by atoms with Crippen LogP contribution in [0.3, 0.4) is 0 Å². The summed E-state index contributed by atoms with van der Waals surface area (Å²) in [6.45, 7) is 0.232. The Morgan fingerprint density at radius 3 is 3.05 bits per heavy atom. The van der Waals surface area contributed by atoms with Crippen LogP contribution in [0.5, 0.6) is 5.75 Å². The van der Waals surface area contributed by atoms with E-state index in [9.17, 15) is 9.18 Å². The van der Waals surface area contributed by atoms with E-state index >= 15 is 0 Å². The van der Waals surface area contributed by atoms with Gasteiger partial charge in [-0.15, -0.1) is 0 Å². The number of amides is 1. The smallest absolute Gasteiger partial charge is 0.240 e. The first-order valence-electron chi connectivity index (χ1n) is 5.75. The normalized spacial score (nSPS) is 10.5. The molecule has 0 atom stereocenters. The average Bonchev–Trinajstić information content (AvgIpc) is 2.87. The summed E-state index contributed by atoms with van der Waals surface area (Å²) in [7, 11) is 1.37. The van der Waals surface area contributed by atoms with Gasteiger partial charge in [-0.1, -0.05) is 5.16 Å². The third kappa shape index (κ3) is 3.29. The first-order valence-corrected chi connectivity index (χ1v) is 5.75. The predicted octanol–water partition coefficient (Wildman–Crippen LogP) is 0.459. The molecule has 1 aromatic carbocycles. The molecule has 1 aromatic heterocycles. The van der Waals surface area contributed by atoms with Crippen molar-refractivity contribution in [2.24, 2.45) is 5.73 Å². The van der Waals surface area contributed by atoms with E-state index in [1.807, 2.05) is 0 Å². The molecule has 1 amide bonds. The molecule has 2 aromatic rings. The quantitative estimate of drug-likeness (QED) is 0.796. The lowest BCUT2D eigenvalue weighted by molar-refractivity contribution is -0.117. The first kappa shape index (κ1) is 13.9. The number of hydrogen-bond donors (Lipinski definition) is 2. The van der Waals surface area contributed by atoms with Crippen molar-refractivity contribution in [3.05, 3.63) is 29.9 Å². The molecule has 0 unspecified atom stereocenters. The molecule has 106 valence electrons. The summed E-state index contributed by atoms with van der Waals surface area (Å²) in [5.41, 5.74) is 5.54. The van der Waals surface area contributed by atoms with Gasteiger partial charge in [0.2, 0.25) is 17.6 Å². The highest BCUT2D eigenvalue weighted by Crippen LogP contribution is 2.24. The molecule has 0 fully saturated rings. The topological polar surface area (TPSA) is 103 Å². The maximum Gasteiger partial charge on any atom is 0.240 e. The molecule has 8 heteroatoms. The van der Waals surface area contributed by atoms with Crippen LogP contribution in [0.25, 0.3) is 11.4 Å². The Balaban J connectivity index is 2.10. The monoisotopic (exact) mass is 280 g/mol. The fourth-order valence-electron chi connectivity index (χ4n) is 1.54. The summed E-state index contributed by atoms with van der Waals surface area (Å²) in [5.74, 6) is -0.250. The number of carbonyl (C=O) groups is 1. The van der Waals surface area contributed by atoms with Gasteiger partial charge >= 0.3 is 0 Å². The number of nitrogens with two attached hydrogens (primary N) is 1. The second-order valence-corrected chi connectivity index (χ2v) is 3.93. The van der Waals surface area contributed by atoms with Crippen LogP contribution < -0.4 is 15.8 Å². The number of nitrogens with zero attached hydrogens (tertiary/aromatic N) is 2. The van der Waals surface area contributed by atoms with Crippen molar-refractivity contribution < 1.29 is 18.4 Å². The van der Waals surface area contributed by atoms with Gasteiger partial charge in [0.15, 0.2) is 11.6 Å². The summed E-state index contributed by atoms with van der Waals surface area (Å²) in [6.07, 6.45) is 0. The molecule has 7 nitrogen and oxygen atoms in total. The molecule has 0 aliphatic heterocycles. The maximum atomic E-state index is 13.3. The summed E-state index contributed by atoms with van der Waals surface area (Å²) >= 11 is 0. The molecule has 2 rings (SSSR count). The predicted molar refractivity (Wildman–Crippen MR) is 67.1 cm³/mol. The summed E-state index contributed by atoms with van der Waals surface area (Å²) in [4.78, 5) is 14.7. The van der Waals surface area contributed by atoms with Crippen LogP contribution in [0.15, 0.2) is 22.7 Å². The van der Waals surface area contributed by atoms with Crippen LogP contribution in [-0.4, -0.2) is 29.7 Å². The van der Waals surface area contributed by atoms with Crippen LogP contribution in [0.1, 0.15) is 5.89 Å². The lowest BCUT2D eigenvalue weighted by atomic mass is 10.2. The fourth-order valence-corrected chi connectivity index (χ4v) is 1.54. The van der Waals surface area contributed by atoms with Gasteiger partial charge in [-0.3, -0.25) is 10.1 Å². The van der Waals surface area contributed by atoms with Gasteiger partial charge in [0.25, 0.3) is 0 Å². The van der Waals surface area contributed by atoms with Crippen LogP contribution in [-0.2, 0) is 11.3 Å². The number of methoxy groups -OCH3 is 1. The van der Waals surface area contributed by atoms with Crippen molar-refractivity contribution >= 4 is 5.91 Å². The Hall–Kier alpha value is -2.48. The second kappa shape index (κ2) is 6.11. The highest BCUT2D eigenvalue weighted by Gasteiger charge is 2.11. The Morgan fingerprint density at radius 1 is 1.55 bits per heavy atom. The minimum absolute atomic E-state index is 0.0160. The summed E-state index contributed by atoms with van der Waals surface area (Å²) in [5, 5.41) is 6.51. The number of aromatic nitrogens is 2. The van der Waals surface area contributed by atoms with Crippen molar-refractivity contribution in [3.8, 4) is 17.1 Å². The molecular weight excluding hydrogens is 267 g/mol. The van der Waals surface area contributed by atoms with Gasteiger partial charge in [0.1, 0.15) is 0 Å². The van der Waals surface area contributed by atoms with Crippen LogP contribution >= 0.6 is 0 Å². The number of carbonyl (C=O) groups excluding carboxylic acids is 1. The van der Waals surface area contributed by atoms with Crippen molar-refractivity contribution in [2.75, 3.05) is 13.7 Å². The summed E-state index contributed by atoms with van der Waals surface area (Å²) < 4.78 is 23.2. The Bertz CT molecular complexity index is 614. The maximum absolute atomic E-state index is 13.3. The number of halogens is 1. The zero-order chi connectivity index (χ0) is 14.5. The van der Waals surface area contributed by atoms with E-state index < -0.39 is 11.7 Å². The van der Waals surface area contributed by atoms with Crippen molar-refractivity contribution in [1.29, 1.82) is 0 Å². The van der Waals surface area contributed by atoms with Crippen LogP contribution in [0, 0.1) is 5.82 Å². The van der Waals surface area contributed by atoms with Gasteiger partial charge in [-0.05, 0) is 18.2 Å². The minimum atomic E-state index is -0.479. The van der Waals surface area contributed by atoms with Crippen molar-refractivity contribution in [2.45, 2.75) is 6.54 Å². The molecule has 0 aliphatic rings. The summed E-state index contributed by atoms with van der Waals surface area (Å²) in [6, 6.07) is 4.25. The zero-order valence-corrected chi connectivity index (χ0v) is 10.7. The molecule has 0 spiro atoms. The number of primary amides is 1. The van der Waals surface area contributed by atoms with Crippen LogP contribution in [0.4, 0.5) is 4.39 Å². The molecule has 1 heterocycles. The zero-order valence-electron chi connectivity index (χ0n) is 10.7. The van der Waals surface area contributed by atoms with Crippen molar-refractivity contribution in [1.82, 2.24) is 15.5 Å². The molecule has 20 heavy (non-hydrogen) atoms. The van der Waals surface area contributed by atoms with E-state index in [1.54, 1.807) is 0 Å². The van der Waals surface area contributed by atoms with E-state index in [-0.39, 0.29) is 18.8 Å². The number of ether oxygens (including phenoxy) is 1. The Labute approximate surface area is 113 Å². The van der Waals surface area contributed by atoms with Gasteiger partial charge in [0, 0.05) is 5.56 Å². The van der Waals surface area contributed by atoms with Crippen molar-refractivity contribution in [3.63, 3.8) is 0 Å². The number of rotatable bonds is 6. The lowest BCUT2D eigenvalue weighted by Crippen LogP contribution is -2.28. The first-order chi connectivity index (χ1) is 9.60. The molecule has 0 saturated carbocycles. The van der Waals surface area contributed by atoms with Gasteiger partial charge < -0.3 is 15.0 Å². The molecule has 3 N–H and O–H groups in total. The van der Waals surface area contributed by atoms with Gasteiger partial charge in [-0.25, -0.2) is 4.39 Å². The highest BCUT2D eigenvalue weighted by atomic mass is 19.1. The lowest BCUT2D eigenvalue weighted by Gasteiger charge is -2.02. The Morgan fingerprint density at radius 2 is 2.35 bits per heavy atom. The fraction of sp³-hybridized carbons (Fsp3) is 0.250. The highest BCUT2D eigenvalue weighted by molar-refractivity contribution is 5.75. The second-order valence-electron chi connectivity index (χ2n) is 3.93. The standard InChI is InChI=1S/C12H13FN4O3/c1-19-9-4-7(2-3-8(9)13)12-16-11(20-17-12)6-15-5-10(14)18/h2-4,15H,5-6H2,1H3,(H2,14,18). The number of benzene rings is 1. The molecule has 0 radical (unpaired) electrons. The van der Waals surface area contributed by atoms with E-state index in [4.69, 9.17) is 15.0 Å². The minimum Gasteiger partial charge on any atom is -0.494 e. The van der Waals surface area contributed by atoms with E-state index in [2.05, 4.69) is 15.5 Å². The Kier molecular flexibility index (Phi) is 4.26. The van der Waals surface area contributed by atoms with Gasteiger partial charge in [0.05, 0.1) is 20.2 Å². The molecule has 0 bridgehead atoms. The third-order valence-electron chi connectivity index (χ3n) is 2.45.